The van der Waals surface area contributed by atoms with E-state index in [0.717, 1.165) is 11.3 Å². The van der Waals surface area contributed by atoms with Crippen LogP contribution in [0.3, 0.4) is 0 Å². The Hall–Kier alpha value is -2.44. The van der Waals surface area contributed by atoms with Crippen LogP contribution in [-0.2, 0) is 16.1 Å². The van der Waals surface area contributed by atoms with Crippen molar-refractivity contribution in [3.8, 4) is 0 Å². The summed E-state index contributed by atoms with van der Waals surface area (Å²) in [6, 6.07) is 1.72. The number of hydrogen-bond acceptors (Lipinski definition) is 7. The summed E-state index contributed by atoms with van der Waals surface area (Å²) in [5.74, 6) is 0.775. The molecule has 7 heteroatoms. The van der Waals surface area contributed by atoms with Crippen molar-refractivity contribution in [1.29, 1.82) is 0 Å². The van der Waals surface area contributed by atoms with Crippen LogP contribution in [0.15, 0.2) is 23.0 Å². The maximum atomic E-state index is 11.8. The number of hydrogen-bond donors (Lipinski definition) is 0. The average molecular weight is 276 g/mol. The molecule has 2 rings (SSSR count). The van der Waals surface area contributed by atoms with E-state index in [0.29, 0.717) is 11.7 Å². The number of rotatable bonds is 5. The van der Waals surface area contributed by atoms with Crippen molar-refractivity contribution < 1.29 is 14.1 Å². The van der Waals surface area contributed by atoms with Gasteiger partial charge in [0, 0.05) is 19.4 Å². The number of anilines is 1. The van der Waals surface area contributed by atoms with Crippen LogP contribution in [0.2, 0.25) is 0 Å². The Morgan fingerprint density at radius 1 is 1.35 bits per heavy atom. The molecule has 2 heterocycles. The Kier molecular flexibility index (Phi) is 4.29. The second-order valence-electron chi connectivity index (χ2n) is 4.37. The molecule has 0 saturated carbocycles. The number of aryl methyl sites for hydroxylation is 2. The van der Waals surface area contributed by atoms with E-state index in [2.05, 4.69) is 15.1 Å². The Balaban J connectivity index is 1.87. The van der Waals surface area contributed by atoms with Gasteiger partial charge < -0.3 is 14.2 Å². The smallest absolute Gasteiger partial charge is 0.325 e. The molecule has 0 N–H and O–H groups in total. The molecule has 0 amide bonds. The molecule has 7 nitrogen and oxygen atoms in total. The molecule has 0 bridgehead atoms. The zero-order valence-electron chi connectivity index (χ0n) is 11.7. The van der Waals surface area contributed by atoms with Crippen molar-refractivity contribution in [3.63, 3.8) is 0 Å². The molecule has 0 unspecified atom stereocenters. The fraction of sp³-hybridized carbons (Fsp3) is 0.385. The van der Waals surface area contributed by atoms with Crippen molar-refractivity contribution in [2.75, 3.05) is 18.5 Å². The minimum atomic E-state index is -0.361. The molecule has 0 aliphatic heterocycles. The third-order valence-electron chi connectivity index (χ3n) is 2.82. The predicted octanol–water partition coefficient (Wildman–Crippen LogP) is 1.26. The van der Waals surface area contributed by atoms with Crippen molar-refractivity contribution in [1.82, 2.24) is 15.1 Å². The summed E-state index contributed by atoms with van der Waals surface area (Å²) in [6.07, 6.45) is 3.24. The summed E-state index contributed by atoms with van der Waals surface area (Å²) in [6.45, 7) is 3.83. The van der Waals surface area contributed by atoms with E-state index in [-0.39, 0.29) is 19.1 Å². The first-order chi connectivity index (χ1) is 9.58. The Morgan fingerprint density at radius 2 is 2.05 bits per heavy atom. The van der Waals surface area contributed by atoms with Crippen LogP contribution in [0.4, 0.5) is 5.95 Å². The molecule has 2 aromatic rings. The molecule has 0 aliphatic carbocycles. The van der Waals surface area contributed by atoms with Gasteiger partial charge in [-0.1, -0.05) is 5.16 Å². The number of esters is 1. The lowest BCUT2D eigenvalue weighted by Crippen LogP contribution is -2.28. The van der Waals surface area contributed by atoms with Crippen LogP contribution in [0.5, 0.6) is 0 Å². The van der Waals surface area contributed by atoms with E-state index in [1.165, 1.54) is 0 Å². The van der Waals surface area contributed by atoms with Crippen LogP contribution in [0, 0.1) is 13.8 Å². The molecule has 0 saturated heterocycles. The second-order valence-corrected chi connectivity index (χ2v) is 4.37. The van der Waals surface area contributed by atoms with E-state index < -0.39 is 0 Å². The van der Waals surface area contributed by atoms with Crippen molar-refractivity contribution in [3.05, 3.63) is 35.5 Å². The fourth-order valence-corrected chi connectivity index (χ4v) is 1.66. The maximum Gasteiger partial charge on any atom is 0.325 e. The highest BCUT2D eigenvalue weighted by atomic mass is 16.5. The van der Waals surface area contributed by atoms with Crippen LogP contribution < -0.4 is 4.90 Å². The fourth-order valence-electron chi connectivity index (χ4n) is 1.66. The van der Waals surface area contributed by atoms with Gasteiger partial charge in [-0.05, 0) is 19.9 Å². The van der Waals surface area contributed by atoms with E-state index in [1.807, 2.05) is 6.92 Å². The van der Waals surface area contributed by atoms with Crippen LogP contribution >= 0.6 is 0 Å². The number of likely N-dealkylation sites (N-methyl/N-ethyl adjacent to an activating group) is 1. The minimum absolute atomic E-state index is 0.0768. The van der Waals surface area contributed by atoms with Crippen molar-refractivity contribution in [2.45, 2.75) is 20.5 Å². The highest BCUT2D eigenvalue weighted by molar-refractivity contribution is 5.74. The molecule has 2 aromatic heterocycles. The molecule has 0 aromatic carbocycles. The molecule has 0 fully saturated rings. The number of carbonyl (C=O) groups is 1. The predicted molar refractivity (Wildman–Crippen MR) is 71.1 cm³/mol. The minimum Gasteiger partial charge on any atom is -0.459 e. The average Bonchev–Trinajstić information content (AvgIpc) is 2.77. The number of nitrogens with zero attached hydrogens (tertiary/aromatic N) is 4. The largest absolute Gasteiger partial charge is 0.459 e. The zero-order valence-corrected chi connectivity index (χ0v) is 11.7. The van der Waals surface area contributed by atoms with Crippen molar-refractivity contribution in [2.24, 2.45) is 0 Å². The van der Waals surface area contributed by atoms with Gasteiger partial charge in [0.25, 0.3) is 0 Å². The third-order valence-corrected chi connectivity index (χ3v) is 2.82. The Labute approximate surface area is 116 Å². The van der Waals surface area contributed by atoms with Gasteiger partial charge >= 0.3 is 5.97 Å². The molecule has 0 spiro atoms. The van der Waals surface area contributed by atoms with E-state index in [9.17, 15) is 4.79 Å². The lowest BCUT2D eigenvalue weighted by Gasteiger charge is -2.15. The standard InChI is InChI=1S/C13H16N4O3/c1-9-11(10(2)20-16-9)8-19-12(18)7-17(3)13-14-5-4-6-15-13/h4-6H,7-8H2,1-3H3. The molecule has 0 radical (unpaired) electrons. The van der Waals surface area contributed by atoms with Gasteiger partial charge in [0.1, 0.15) is 18.9 Å². The number of carbonyl (C=O) groups excluding carboxylic acids is 1. The molecule has 0 aliphatic rings. The summed E-state index contributed by atoms with van der Waals surface area (Å²) < 4.78 is 10.2. The van der Waals surface area contributed by atoms with Crippen LogP contribution in [0.25, 0.3) is 0 Å². The summed E-state index contributed by atoms with van der Waals surface area (Å²) in [5, 5.41) is 3.81. The van der Waals surface area contributed by atoms with Crippen molar-refractivity contribution >= 4 is 11.9 Å². The van der Waals surface area contributed by atoms with Gasteiger partial charge in [0.2, 0.25) is 5.95 Å². The molecule has 106 valence electrons. The molecule has 20 heavy (non-hydrogen) atoms. The quantitative estimate of drug-likeness (QED) is 0.760. The zero-order chi connectivity index (χ0) is 14.5. The molecule has 0 atom stereocenters. The SMILES string of the molecule is Cc1noc(C)c1COC(=O)CN(C)c1ncccn1. The van der Waals surface area contributed by atoms with Gasteiger partial charge in [-0.15, -0.1) is 0 Å². The molecular weight excluding hydrogens is 260 g/mol. The topological polar surface area (TPSA) is 81.4 Å². The number of ether oxygens (including phenoxy) is 1. The Bertz CT molecular complexity index is 563. The van der Waals surface area contributed by atoms with Crippen LogP contribution in [-0.4, -0.2) is 34.7 Å². The van der Waals surface area contributed by atoms with E-state index in [4.69, 9.17) is 9.26 Å². The summed E-state index contributed by atoms with van der Waals surface area (Å²) in [7, 11) is 1.73. The molecular formula is C13H16N4O3. The monoisotopic (exact) mass is 276 g/mol. The lowest BCUT2D eigenvalue weighted by molar-refractivity contribution is -0.143. The van der Waals surface area contributed by atoms with Gasteiger partial charge in [-0.2, -0.15) is 0 Å². The van der Waals surface area contributed by atoms with E-state index >= 15 is 0 Å². The summed E-state index contributed by atoms with van der Waals surface area (Å²) in [5.41, 5.74) is 1.53. The van der Waals surface area contributed by atoms with E-state index in [1.54, 1.807) is 37.3 Å². The van der Waals surface area contributed by atoms with Gasteiger partial charge in [0.15, 0.2) is 0 Å². The highest BCUT2D eigenvalue weighted by Crippen LogP contribution is 2.13. The maximum absolute atomic E-state index is 11.8. The van der Waals surface area contributed by atoms with Gasteiger partial charge in [-0.25, -0.2) is 9.97 Å². The Morgan fingerprint density at radius 3 is 2.65 bits per heavy atom. The summed E-state index contributed by atoms with van der Waals surface area (Å²) >= 11 is 0. The first-order valence-electron chi connectivity index (χ1n) is 6.13. The van der Waals surface area contributed by atoms with Gasteiger partial charge in [0.05, 0.1) is 11.3 Å². The first-order valence-corrected chi connectivity index (χ1v) is 6.13. The third kappa shape index (κ3) is 3.31. The normalized spacial score (nSPS) is 10.3. The van der Waals surface area contributed by atoms with Crippen LogP contribution in [0.1, 0.15) is 17.0 Å². The number of aromatic nitrogens is 3. The lowest BCUT2D eigenvalue weighted by atomic mass is 10.2. The second kappa shape index (κ2) is 6.14. The summed E-state index contributed by atoms with van der Waals surface area (Å²) in [4.78, 5) is 21.5. The van der Waals surface area contributed by atoms with Gasteiger partial charge in [-0.3, -0.25) is 4.79 Å². The highest BCUT2D eigenvalue weighted by Gasteiger charge is 2.14. The first kappa shape index (κ1) is 14.0.